The largest absolute Gasteiger partial charge is 0.484 e. The third-order valence-electron chi connectivity index (χ3n) is 4.41. The van der Waals surface area contributed by atoms with E-state index in [1.54, 1.807) is 24.1 Å². The zero-order valence-electron chi connectivity index (χ0n) is 14.4. The number of rotatable bonds is 6. The average Bonchev–Trinajstić information content (AvgIpc) is 2.53. The molecule has 1 heterocycles. The van der Waals surface area contributed by atoms with Crippen molar-refractivity contribution >= 4 is 15.7 Å². The van der Waals surface area contributed by atoms with Gasteiger partial charge in [-0.25, -0.2) is 8.42 Å². The maximum atomic E-state index is 12.3. The molecule has 0 spiro atoms. The molecule has 0 atom stereocenters. The third-order valence-corrected chi connectivity index (χ3v) is 5.52. The Morgan fingerprint density at radius 2 is 1.96 bits per heavy atom. The van der Waals surface area contributed by atoms with Crippen molar-refractivity contribution in [2.24, 2.45) is 5.41 Å². The van der Waals surface area contributed by atoms with Crippen LogP contribution in [0.1, 0.15) is 19.8 Å². The van der Waals surface area contributed by atoms with E-state index in [1.807, 2.05) is 0 Å². The van der Waals surface area contributed by atoms with Crippen LogP contribution in [0.5, 0.6) is 5.75 Å². The first-order valence-electron chi connectivity index (χ1n) is 7.93. The van der Waals surface area contributed by atoms with Gasteiger partial charge < -0.3 is 14.4 Å². The fraction of sp³-hybridized carbons (Fsp3) is 0.588. The smallest absolute Gasteiger partial charge is 0.260 e. The summed E-state index contributed by atoms with van der Waals surface area (Å²) < 4.78 is 33.8. The normalized spacial score (nSPS) is 17.5. The molecule has 0 N–H and O–H groups in total. The molecule has 1 aliphatic heterocycles. The molecule has 0 unspecified atom stereocenters. The fourth-order valence-electron chi connectivity index (χ4n) is 2.82. The number of hydrogen-bond donors (Lipinski definition) is 0. The molecule has 24 heavy (non-hydrogen) atoms. The maximum Gasteiger partial charge on any atom is 0.260 e. The molecule has 1 amide bonds. The molecule has 134 valence electrons. The Bertz CT molecular complexity index is 678. The first kappa shape index (κ1) is 18.7. The summed E-state index contributed by atoms with van der Waals surface area (Å²) in [6, 6.07) is 6.20. The van der Waals surface area contributed by atoms with Gasteiger partial charge in [0.2, 0.25) is 0 Å². The van der Waals surface area contributed by atoms with Gasteiger partial charge in [-0.05, 0) is 36.5 Å². The topological polar surface area (TPSA) is 72.9 Å². The van der Waals surface area contributed by atoms with Crippen LogP contribution in [0.4, 0.5) is 0 Å². The number of sulfone groups is 1. The average molecular weight is 355 g/mol. The van der Waals surface area contributed by atoms with E-state index < -0.39 is 9.84 Å². The molecule has 0 radical (unpaired) electrons. The number of carbonyl (C=O) groups excluding carboxylic acids is 1. The monoisotopic (exact) mass is 355 g/mol. The number of amides is 1. The van der Waals surface area contributed by atoms with Crippen molar-refractivity contribution in [3.8, 4) is 5.75 Å². The highest BCUT2D eigenvalue weighted by Crippen LogP contribution is 2.31. The lowest BCUT2D eigenvalue weighted by Crippen LogP contribution is -2.45. The van der Waals surface area contributed by atoms with E-state index in [4.69, 9.17) is 9.47 Å². The maximum absolute atomic E-state index is 12.3. The van der Waals surface area contributed by atoms with E-state index >= 15 is 0 Å². The van der Waals surface area contributed by atoms with Crippen molar-refractivity contribution in [3.05, 3.63) is 24.3 Å². The van der Waals surface area contributed by atoms with Crippen molar-refractivity contribution in [1.29, 1.82) is 0 Å². The van der Waals surface area contributed by atoms with Crippen LogP contribution in [0.3, 0.4) is 0 Å². The second-order valence-electron chi connectivity index (χ2n) is 6.66. The van der Waals surface area contributed by atoms with Gasteiger partial charge in [-0.3, -0.25) is 4.79 Å². The van der Waals surface area contributed by atoms with E-state index in [0.29, 0.717) is 25.4 Å². The van der Waals surface area contributed by atoms with Crippen molar-refractivity contribution in [2.45, 2.75) is 24.7 Å². The number of benzene rings is 1. The standard InChI is InChI=1S/C17H25NO5S/c1-17(13-22-2)7-9-18(10-8-17)16(19)12-23-14-5-4-6-15(11-14)24(3,20)21/h4-6,11H,7-10,12-13H2,1-3H3. The number of nitrogens with zero attached hydrogens (tertiary/aromatic N) is 1. The van der Waals surface area contributed by atoms with Gasteiger partial charge in [0.25, 0.3) is 5.91 Å². The van der Waals surface area contributed by atoms with Crippen LogP contribution >= 0.6 is 0 Å². The lowest BCUT2D eigenvalue weighted by Gasteiger charge is -2.38. The van der Waals surface area contributed by atoms with Gasteiger partial charge in [0.15, 0.2) is 16.4 Å². The van der Waals surface area contributed by atoms with Crippen molar-refractivity contribution in [3.63, 3.8) is 0 Å². The quantitative estimate of drug-likeness (QED) is 0.777. The lowest BCUT2D eigenvalue weighted by atomic mass is 9.81. The highest BCUT2D eigenvalue weighted by molar-refractivity contribution is 7.90. The van der Waals surface area contributed by atoms with Gasteiger partial charge in [-0.15, -0.1) is 0 Å². The van der Waals surface area contributed by atoms with Crippen molar-refractivity contribution in [2.75, 3.05) is 39.7 Å². The Morgan fingerprint density at radius 3 is 2.54 bits per heavy atom. The van der Waals surface area contributed by atoms with Gasteiger partial charge in [0, 0.05) is 26.5 Å². The molecular formula is C17H25NO5S. The fourth-order valence-corrected chi connectivity index (χ4v) is 3.48. The second kappa shape index (κ2) is 7.53. The van der Waals surface area contributed by atoms with E-state index in [-0.39, 0.29) is 22.8 Å². The first-order chi connectivity index (χ1) is 11.2. The van der Waals surface area contributed by atoms with Crippen LogP contribution in [0.15, 0.2) is 29.2 Å². The van der Waals surface area contributed by atoms with E-state index in [9.17, 15) is 13.2 Å². The molecule has 2 rings (SSSR count). The minimum atomic E-state index is -3.29. The molecule has 1 fully saturated rings. The minimum Gasteiger partial charge on any atom is -0.484 e. The molecule has 1 aromatic rings. The summed E-state index contributed by atoms with van der Waals surface area (Å²) in [5.74, 6) is 0.298. The third kappa shape index (κ3) is 4.95. The van der Waals surface area contributed by atoms with Crippen LogP contribution in [0.25, 0.3) is 0 Å². The predicted octanol–water partition coefficient (Wildman–Crippen LogP) is 1.74. The second-order valence-corrected chi connectivity index (χ2v) is 8.68. The summed E-state index contributed by atoms with van der Waals surface area (Å²) in [5.41, 5.74) is 0.121. The summed E-state index contributed by atoms with van der Waals surface area (Å²) in [4.78, 5) is 14.2. The first-order valence-corrected chi connectivity index (χ1v) is 9.82. The summed E-state index contributed by atoms with van der Waals surface area (Å²) in [7, 11) is -1.59. The summed E-state index contributed by atoms with van der Waals surface area (Å²) in [6.07, 6.45) is 2.94. The van der Waals surface area contributed by atoms with Crippen LogP contribution in [0, 0.1) is 5.41 Å². The van der Waals surface area contributed by atoms with Crippen LogP contribution in [0.2, 0.25) is 0 Å². The lowest BCUT2D eigenvalue weighted by molar-refractivity contribution is -0.136. The van der Waals surface area contributed by atoms with Crippen LogP contribution < -0.4 is 4.74 Å². The molecule has 1 saturated heterocycles. The predicted molar refractivity (Wildman–Crippen MR) is 90.8 cm³/mol. The van der Waals surface area contributed by atoms with E-state index in [1.165, 1.54) is 12.1 Å². The Kier molecular flexibility index (Phi) is 5.87. The number of ether oxygens (including phenoxy) is 2. The highest BCUT2D eigenvalue weighted by atomic mass is 32.2. The SMILES string of the molecule is COCC1(C)CCN(C(=O)COc2cccc(S(C)(=O)=O)c2)CC1. The number of piperidine rings is 1. The summed E-state index contributed by atoms with van der Waals surface area (Å²) >= 11 is 0. The Balaban J connectivity index is 1.88. The molecule has 0 saturated carbocycles. The molecule has 7 heteroatoms. The van der Waals surface area contributed by atoms with Crippen LogP contribution in [-0.2, 0) is 19.4 Å². The molecule has 6 nitrogen and oxygen atoms in total. The zero-order chi connectivity index (χ0) is 17.8. The van der Waals surface area contributed by atoms with E-state index in [2.05, 4.69) is 6.92 Å². The molecule has 0 bridgehead atoms. The number of hydrogen-bond acceptors (Lipinski definition) is 5. The highest BCUT2D eigenvalue weighted by Gasteiger charge is 2.31. The van der Waals surface area contributed by atoms with Crippen molar-refractivity contribution in [1.82, 2.24) is 4.90 Å². The van der Waals surface area contributed by atoms with Gasteiger partial charge in [-0.2, -0.15) is 0 Å². The van der Waals surface area contributed by atoms with Gasteiger partial charge in [0.05, 0.1) is 11.5 Å². The summed E-state index contributed by atoms with van der Waals surface area (Å²) in [6.45, 7) is 4.15. The van der Waals surface area contributed by atoms with E-state index in [0.717, 1.165) is 19.1 Å². The Hall–Kier alpha value is -1.60. The Labute approximate surface area is 143 Å². The van der Waals surface area contributed by atoms with Crippen LogP contribution in [-0.4, -0.2) is 58.9 Å². The molecular weight excluding hydrogens is 330 g/mol. The van der Waals surface area contributed by atoms with Crippen molar-refractivity contribution < 1.29 is 22.7 Å². The molecule has 1 aliphatic rings. The molecule has 0 aromatic heterocycles. The number of likely N-dealkylation sites (tertiary alicyclic amines) is 1. The van der Waals surface area contributed by atoms with Gasteiger partial charge in [-0.1, -0.05) is 13.0 Å². The van der Waals surface area contributed by atoms with Gasteiger partial charge in [0.1, 0.15) is 5.75 Å². The minimum absolute atomic E-state index is 0.0841. The molecule has 1 aromatic carbocycles. The van der Waals surface area contributed by atoms with Gasteiger partial charge >= 0.3 is 0 Å². The number of methoxy groups -OCH3 is 1. The Morgan fingerprint density at radius 1 is 1.29 bits per heavy atom. The summed E-state index contributed by atoms with van der Waals surface area (Å²) in [5, 5.41) is 0. The molecule has 0 aliphatic carbocycles. The zero-order valence-corrected chi connectivity index (χ0v) is 15.3. The number of carbonyl (C=O) groups is 1.